The number of hydrogen-bond acceptors (Lipinski definition) is 5. The van der Waals surface area contributed by atoms with E-state index < -0.39 is 18.0 Å². The molecule has 1 aromatic rings. The fraction of sp³-hybridized carbons (Fsp3) is 0.600. The Labute approximate surface area is 172 Å². The first kappa shape index (κ1) is 22.3. The van der Waals surface area contributed by atoms with Gasteiger partial charge in [-0.25, -0.2) is 9.59 Å². The summed E-state index contributed by atoms with van der Waals surface area (Å²) in [6.45, 7) is 11.1. The number of carbonyl (C=O) groups excluding carboxylic acids is 2. The molecule has 0 saturated carbocycles. The molecule has 1 atom stereocenters. The Morgan fingerprint density at radius 1 is 1.21 bits per heavy atom. The van der Waals surface area contributed by atoms with Crippen molar-refractivity contribution in [3.8, 4) is 0 Å². The van der Waals surface area contributed by atoms with Gasteiger partial charge in [0.25, 0.3) is 0 Å². The van der Waals surface area contributed by atoms with Crippen LogP contribution in [0.4, 0.5) is 16.2 Å². The second-order valence-electron chi connectivity index (χ2n) is 7.39. The molecule has 2 rings (SSSR count). The molecular weight excluding hydrogens is 380 g/mol. The highest BCUT2D eigenvalue weighted by Gasteiger charge is 2.23. The number of likely N-dealkylation sites (N-methyl/N-ethyl adjacent to an activating group) is 1. The highest BCUT2D eigenvalue weighted by atomic mass is 35.5. The Morgan fingerprint density at radius 2 is 1.89 bits per heavy atom. The van der Waals surface area contributed by atoms with Crippen molar-refractivity contribution >= 4 is 35.0 Å². The number of benzene rings is 1. The number of piperazine rings is 1. The van der Waals surface area contributed by atoms with Crippen LogP contribution in [0.1, 0.15) is 27.2 Å². The molecule has 1 unspecified atom stereocenters. The number of rotatable bonds is 7. The van der Waals surface area contributed by atoms with Crippen LogP contribution in [0.15, 0.2) is 18.2 Å². The SMILES string of the molecule is CCN1CCN(c2ccc(NC(=O)NC(CC(C)C)C(=O)OC)cc2Cl)CC1. The minimum Gasteiger partial charge on any atom is -0.467 e. The number of urea groups is 1. The van der Waals surface area contributed by atoms with Gasteiger partial charge in [0, 0.05) is 31.9 Å². The molecule has 0 aliphatic carbocycles. The number of esters is 1. The van der Waals surface area contributed by atoms with Gasteiger partial charge in [-0.1, -0.05) is 32.4 Å². The van der Waals surface area contributed by atoms with Gasteiger partial charge < -0.3 is 25.2 Å². The monoisotopic (exact) mass is 410 g/mol. The molecule has 7 nitrogen and oxygen atoms in total. The van der Waals surface area contributed by atoms with Gasteiger partial charge in [-0.05, 0) is 37.1 Å². The summed E-state index contributed by atoms with van der Waals surface area (Å²) >= 11 is 6.46. The van der Waals surface area contributed by atoms with E-state index in [2.05, 4.69) is 27.4 Å². The number of methoxy groups -OCH3 is 1. The lowest BCUT2D eigenvalue weighted by Gasteiger charge is -2.36. The topological polar surface area (TPSA) is 73.9 Å². The van der Waals surface area contributed by atoms with Gasteiger partial charge in [0.05, 0.1) is 17.8 Å². The standard InChI is InChI=1S/C20H31ClN4O3/c1-5-24-8-10-25(11-9-24)18-7-6-15(13-16(18)21)22-20(27)23-17(12-14(2)3)19(26)28-4/h6-7,13-14,17H,5,8-12H2,1-4H3,(H2,22,23,27). The van der Waals surface area contributed by atoms with Gasteiger partial charge >= 0.3 is 12.0 Å². The van der Waals surface area contributed by atoms with Crippen molar-refractivity contribution in [1.29, 1.82) is 0 Å². The lowest BCUT2D eigenvalue weighted by atomic mass is 10.0. The summed E-state index contributed by atoms with van der Waals surface area (Å²) in [6.07, 6.45) is 0.503. The van der Waals surface area contributed by atoms with Crippen molar-refractivity contribution < 1.29 is 14.3 Å². The number of hydrogen-bond donors (Lipinski definition) is 2. The van der Waals surface area contributed by atoms with Crippen LogP contribution in [0.3, 0.4) is 0 Å². The van der Waals surface area contributed by atoms with Gasteiger partial charge in [-0.3, -0.25) is 0 Å². The third-order valence-corrected chi connectivity index (χ3v) is 5.17. The van der Waals surface area contributed by atoms with E-state index in [4.69, 9.17) is 16.3 Å². The minimum absolute atomic E-state index is 0.242. The second kappa shape index (κ2) is 10.5. The summed E-state index contributed by atoms with van der Waals surface area (Å²) in [5.41, 5.74) is 1.54. The summed E-state index contributed by atoms with van der Waals surface area (Å²) in [7, 11) is 1.31. The molecular formula is C20H31ClN4O3. The first-order valence-electron chi connectivity index (χ1n) is 9.76. The Bertz CT molecular complexity index is 675. The van der Waals surface area contributed by atoms with E-state index in [9.17, 15) is 9.59 Å². The van der Waals surface area contributed by atoms with Crippen LogP contribution in [-0.2, 0) is 9.53 Å². The van der Waals surface area contributed by atoms with E-state index in [1.807, 2.05) is 26.0 Å². The Morgan fingerprint density at radius 3 is 2.43 bits per heavy atom. The van der Waals surface area contributed by atoms with Gasteiger partial charge in [0.15, 0.2) is 0 Å². The molecule has 1 saturated heterocycles. The zero-order chi connectivity index (χ0) is 20.7. The smallest absolute Gasteiger partial charge is 0.328 e. The Balaban J connectivity index is 1.97. The van der Waals surface area contributed by atoms with Crippen LogP contribution in [0.5, 0.6) is 0 Å². The lowest BCUT2D eigenvalue weighted by molar-refractivity contribution is -0.143. The number of nitrogens with one attached hydrogen (secondary N) is 2. The molecule has 1 aromatic carbocycles. The van der Waals surface area contributed by atoms with E-state index in [0.29, 0.717) is 17.1 Å². The molecule has 0 radical (unpaired) electrons. The van der Waals surface area contributed by atoms with E-state index >= 15 is 0 Å². The van der Waals surface area contributed by atoms with E-state index in [1.165, 1.54) is 7.11 Å². The molecule has 1 heterocycles. The van der Waals surface area contributed by atoms with Crippen LogP contribution in [-0.4, -0.2) is 62.8 Å². The molecule has 0 bridgehead atoms. The molecule has 2 N–H and O–H groups in total. The van der Waals surface area contributed by atoms with Crippen molar-refractivity contribution in [3.05, 3.63) is 23.2 Å². The van der Waals surface area contributed by atoms with Crippen molar-refractivity contribution in [2.24, 2.45) is 5.92 Å². The molecule has 28 heavy (non-hydrogen) atoms. The van der Waals surface area contributed by atoms with E-state index in [0.717, 1.165) is 38.4 Å². The molecule has 0 spiro atoms. The van der Waals surface area contributed by atoms with Gasteiger partial charge in [0.1, 0.15) is 6.04 Å². The zero-order valence-corrected chi connectivity index (χ0v) is 17.9. The summed E-state index contributed by atoms with van der Waals surface area (Å²) in [5.74, 6) is -0.213. The van der Waals surface area contributed by atoms with Crippen LogP contribution in [0.25, 0.3) is 0 Å². The fourth-order valence-corrected chi connectivity index (χ4v) is 3.60. The molecule has 1 aliphatic heterocycles. The number of amides is 2. The third-order valence-electron chi connectivity index (χ3n) is 4.86. The summed E-state index contributed by atoms with van der Waals surface area (Å²) in [5, 5.41) is 6.01. The Kier molecular flexibility index (Phi) is 8.38. The fourth-order valence-electron chi connectivity index (χ4n) is 3.30. The maximum absolute atomic E-state index is 12.3. The second-order valence-corrected chi connectivity index (χ2v) is 7.80. The summed E-state index contributed by atoms with van der Waals surface area (Å²) in [6, 6.07) is 4.33. The molecule has 1 aliphatic rings. The third kappa shape index (κ3) is 6.27. The number of ether oxygens (including phenoxy) is 1. The highest BCUT2D eigenvalue weighted by molar-refractivity contribution is 6.33. The number of nitrogens with zero attached hydrogens (tertiary/aromatic N) is 2. The van der Waals surface area contributed by atoms with Crippen LogP contribution < -0.4 is 15.5 Å². The van der Waals surface area contributed by atoms with Crippen molar-refractivity contribution in [1.82, 2.24) is 10.2 Å². The maximum Gasteiger partial charge on any atom is 0.328 e. The number of carbonyl (C=O) groups is 2. The minimum atomic E-state index is -0.686. The molecule has 1 fully saturated rings. The molecule has 2 amide bonds. The summed E-state index contributed by atoms with van der Waals surface area (Å²) in [4.78, 5) is 28.8. The van der Waals surface area contributed by atoms with Gasteiger partial charge in [-0.2, -0.15) is 0 Å². The molecule has 156 valence electrons. The average molecular weight is 411 g/mol. The van der Waals surface area contributed by atoms with E-state index in [1.54, 1.807) is 6.07 Å². The van der Waals surface area contributed by atoms with Crippen molar-refractivity contribution in [2.75, 3.05) is 50.1 Å². The highest BCUT2D eigenvalue weighted by Crippen LogP contribution is 2.29. The number of anilines is 2. The maximum atomic E-state index is 12.3. The molecule has 8 heteroatoms. The van der Waals surface area contributed by atoms with Crippen LogP contribution in [0.2, 0.25) is 5.02 Å². The average Bonchev–Trinajstić information content (AvgIpc) is 2.66. The number of halogens is 1. The zero-order valence-electron chi connectivity index (χ0n) is 17.1. The van der Waals surface area contributed by atoms with Crippen LogP contribution in [0, 0.1) is 5.92 Å². The normalized spacial score (nSPS) is 16.0. The molecule has 0 aromatic heterocycles. The Hall–Kier alpha value is -1.99. The lowest BCUT2D eigenvalue weighted by Crippen LogP contribution is -2.46. The predicted molar refractivity (Wildman–Crippen MR) is 113 cm³/mol. The largest absolute Gasteiger partial charge is 0.467 e. The van der Waals surface area contributed by atoms with Crippen LogP contribution >= 0.6 is 11.6 Å². The van der Waals surface area contributed by atoms with Gasteiger partial charge in [0.2, 0.25) is 0 Å². The predicted octanol–water partition coefficient (Wildman–Crippen LogP) is 3.19. The van der Waals surface area contributed by atoms with Crippen molar-refractivity contribution in [2.45, 2.75) is 33.2 Å². The summed E-state index contributed by atoms with van der Waals surface area (Å²) < 4.78 is 4.77. The van der Waals surface area contributed by atoms with Gasteiger partial charge in [-0.15, -0.1) is 0 Å². The van der Waals surface area contributed by atoms with Crippen molar-refractivity contribution in [3.63, 3.8) is 0 Å². The van der Waals surface area contributed by atoms with E-state index in [-0.39, 0.29) is 5.92 Å². The quantitative estimate of drug-likeness (QED) is 0.675. The first-order chi connectivity index (χ1) is 13.3. The first-order valence-corrected chi connectivity index (χ1v) is 10.1.